The van der Waals surface area contributed by atoms with Crippen molar-refractivity contribution in [3.63, 3.8) is 0 Å². The van der Waals surface area contributed by atoms with E-state index in [-0.39, 0.29) is 18.5 Å². The van der Waals surface area contributed by atoms with Crippen LogP contribution in [0.1, 0.15) is 12.0 Å². The summed E-state index contributed by atoms with van der Waals surface area (Å²) in [7, 11) is 1.70. The predicted molar refractivity (Wildman–Crippen MR) is 116 cm³/mol. The molecule has 9 heteroatoms. The van der Waals surface area contributed by atoms with Gasteiger partial charge in [-0.1, -0.05) is 48.2 Å². The molecule has 0 fully saturated rings. The number of fused-ring (bicyclic) bond motifs is 1. The lowest BCUT2D eigenvalue weighted by atomic mass is 10.2. The molecular formula is C22H21N5O3S. The van der Waals surface area contributed by atoms with E-state index in [1.54, 1.807) is 11.9 Å². The molecule has 0 N–H and O–H groups in total. The standard InChI is InChI=1S/C22H21N5O3S/c1-26(11-5-10-23)20(28)14-31-22-25-24-21(17-6-3-2-4-7-17)27(22)13-16-8-9-18-19(12-16)30-15-29-18/h2-4,6-9,12H,5,11,13-15H2,1H3. The molecule has 0 unspecified atom stereocenters. The zero-order valence-electron chi connectivity index (χ0n) is 17.0. The molecule has 1 aliphatic heterocycles. The van der Waals surface area contributed by atoms with Gasteiger partial charge in [0, 0.05) is 19.2 Å². The Morgan fingerprint density at radius 3 is 2.81 bits per heavy atom. The first kappa shape index (κ1) is 20.8. The van der Waals surface area contributed by atoms with Crippen LogP contribution in [0.15, 0.2) is 53.7 Å². The first-order valence-corrected chi connectivity index (χ1v) is 10.7. The SMILES string of the molecule is CN(CCC#N)C(=O)CSc1nnc(-c2ccccc2)n1Cc1ccc2c(c1)OCO2. The number of amides is 1. The van der Waals surface area contributed by atoms with E-state index in [0.29, 0.717) is 24.7 Å². The third-order valence-electron chi connectivity index (χ3n) is 4.84. The van der Waals surface area contributed by atoms with Crippen LogP contribution in [0.3, 0.4) is 0 Å². The van der Waals surface area contributed by atoms with Crippen molar-refractivity contribution >= 4 is 17.7 Å². The maximum Gasteiger partial charge on any atom is 0.232 e. The van der Waals surface area contributed by atoms with Crippen molar-refractivity contribution in [2.24, 2.45) is 0 Å². The molecule has 8 nitrogen and oxygen atoms in total. The zero-order valence-corrected chi connectivity index (χ0v) is 17.8. The number of ether oxygens (including phenoxy) is 2. The number of aromatic nitrogens is 3. The normalized spacial score (nSPS) is 11.9. The van der Waals surface area contributed by atoms with Gasteiger partial charge in [-0.2, -0.15) is 5.26 Å². The molecular weight excluding hydrogens is 414 g/mol. The number of hydrogen-bond donors (Lipinski definition) is 0. The summed E-state index contributed by atoms with van der Waals surface area (Å²) in [6.07, 6.45) is 0.311. The fraction of sp³-hybridized carbons (Fsp3) is 0.273. The van der Waals surface area contributed by atoms with Crippen molar-refractivity contribution in [2.45, 2.75) is 18.1 Å². The molecule has 3 aromatic rings. The molecule has 158 valence electrons. The maximum absolute atomic E-state index is 12.4. The number of carbonyl (C=O) groups is 1. The highest BCUT2D eigenvalue weighted by molar-refractivity contribution is 7.99. The lowest BCUT2D eigenvalue weighted by Gasteiger charge is -2.15. The zero-order chi connectivity index (χ0) is 21.6. The van der Waals surface area contributed by atoms with E-state index in [9.17, 15) is 4.79 Å². The molecule has 0 spiro atoms. The van der Waals surface area contributed by atoms with Crippen molar-refractivity contribution in [3.05, 3.63) is 54.1 Å². The summed E-state index contributed by atoms with van der Waals surface area (Å²) in [5, 5.41) is 18.1. The Bertz CT molecular complexity index is 1110. The summed E-state index contributed by atoms with van der Waals surface area (Å²) < 4.78 is 12.9. The van der Waals surface area contributed by atoms with Crippen LogP contribution in [-0.2, 0) is 11.3 Å². The third-order valence-corrected chi connectivity index (χ3v) is 5.79. The van der Waals surface area contributed by atoms with Crippen molar-refractivity contribution in [3.8, 4) is 29.0 Å². The molecule has 0 radical (unpaired) electrons. The minimum absolute atomic E-state index is 0.0564. The van der Waals surface area contributed by atoms with Gasteiger partial charge < -0.3 is 14.4 Å². The van der Waals surface area contributed by atoms with Crippen LogP contribution in [0.25, 0.3) is 11.4 Å². The van der Waals surface area contributed by atoms with E-state index in [4.69, 9.17) is 14.7 Å². The van der Waals surface area contributed by atoms with Crippen LogP contribution < -0.4 is 9.47 Å². The molecule has 1 aromatic heterocycles. The Morgan fingerprint density at radius 1 is 1.19 bits per heavy atom. The predicted octanol–water partition coefficient (Wildman–Crippen LogP) is 3.19. The van der Waals surface area contributed by atoms with E-state index in [1.165, 1.54) is 11.8 Å². The molecule has 0 atom stereocenters. The van der Waals surface area contributed by atoms with Gasteiger partial charge in [-0.05, 0) is 17.7 Å². The van der Waals surface area contributed by atoms with E-state index in [0.717, 1.165) is 28.5 Å². The monoisotopic (exact) mass is 435 g/mol. The molecule has 4 rings (SSSR count). The van der Waals surface area contributed by atoms with E-state index < -0.39 is 0 Å². The van der Waals surface area contributed by atoms with Gasteiger partial charge in [-0.25, -0.2) is 0 Å². The van der Waals surface area contributed by atoms with E-state index in [1.807, 2.05) is 53.1 Å². The molecule has 1 amide bonds. The second-order valence-electron chi connectivity index (χ2n) is 6.96. The highest BCUT2D eigenvalue weighted by Gasteiger charge is 2.19. The number of rotatable bonds is 8. The van der Waals surface area contributed by atoms with E-state index in [2.05, 4.69) is 16.3 Å². The van der Waals surface area contributed by atoms with E-state index >= 15 is 0 Å². The average Bonchev–Trinajstić information content (AvgIpc) is 3.43. The van der Waals surface area contributed by atoms with Gasteiger partial charge in [0.25, 0.3) is 0 Å². The highest BCUT2D eigenvalue weighted by Crippen LogP contribution is 2.33. The van der Waals surface area contributed by atoms with Crippen LogP contribution in [0.2, 0.25) is 0 Å². The van der Waals surface area contributed by atoms with Crippen molar-refractivity contribution in [1.82, 2.24) is 19.7 Å². The van der Waals surface area contributed by atoms with Crippen molar-refractivity contribution < 1.29 is 14.3 Å². The molecule has 0 saturated heterocycles. The molecule has 0 aliphatic carbocycles. The van der Waals surface area contributed by atoms with Crippen molar-refractivity contribution in [1.29, 1.82) is 5.26 Å². The van der Waals surface area contributed by atoms with Crippen LogP contribution in [0.4, 0.5) is 0 Å². The number of hydrogen-bond acceptors (Lipinski definition) is 7. The first-order valence-electron chi connectivity index (χ1n) is 9.76. The Hall–Kier alpha value is -3.51. The summed E-state index contributed by atoms with van der Waals surface area (Å²) in [6, 6.07) is 17.7. The summed E-state index contributed by atoms with van der Waals surface area (Å²) in [6.45, 7) is 1.16. The number of thioether (sulfide) groups is 1. The molecule has 1 aliphatic rings. The highest BCUT2D eigenvalue weighted by atomic mass is 32.2. The summed E-state index contributed by atoms with van der Waals surface area (Å²) in [5.41, 5.74) is 1.96. The van der Waals surface area contributed by atoms with Gasteiger partial charge in [0.15, 0.2) is 22.5 Å². The molecule has 2 aromatic carbocycles. The fourth-order valence-corrected chi connectivity index (χ4v) is 4.02. The van der Waals surface area contributed by atoms with Gasteiger partial charge in [0.2, 0.25) is 12.7 Å². The lowest BCUT2D eigenvalue weighted by molar-refractivity contribution is -0.127. The summed E-state index contributed by atoms with van der Waals surface area (Å²) in [5.74, 6) is 2.34. The second kappa shape index (κ2) is 9.53. The minimum atomic E-state index is -0.0564. The second-order valence-corrected chi connectivity index (χ2v) is 7.90. The maximum atomic E-state index is 12.4. The van der Waals surface area contributed by atoms with Gasteiger partial charge >= 0.3 is 0 Å². The largest absolute Gasteiger partial charge is 0.454 e. The molecule has 31 heavy (non-hydrogen) atoms. The Morgan fingerprint density at radius 2 is 2.00 bits per heavy atom. The lowest BCUT2D eigenvalue weighted by Crippen LogP contribution is -2.29. The summed E-state index contributed by atoms with van der Waals surface area (Å²) in [4.78, 5) is 14.0. The van der Waals surface area contributed by atoms with Gasteiger partial charge in [-0.3, -0.25) is 9.36 Å². The molecule has 2 heterocycles. The first-order chi connectivity index (χ1) is 15.2. The minimum Gasteiger partial charge on any atom is -0.454 e. The van der Waals surface area contributed by atoms with Gasteiger partial charge in [0.05, 0.1) is 24.8 Å². The number of carbonyl (C=O) groups excluding carboxylic acids is 1. The number of nitriles is 1. The Labute approximate surface area is 184 Å². The molecule has 0 bridgehead atoms. The Kier molecular flexibility index (Phi) is 6.38. The molecule has 0 saturated carbocycles. The van der Waals surface area contributed by atoms with Gasteiger partial charge in [-0.15, -0.1) is 10.2 Å². The fourth-order valence-electron chi connectivity index (χ4n) is 3.14. The number of nitrogens with zero attached hydrogens (tertiary/aromatic N) is 5. The topological polar surface area (TPSA) is 93.3 Å². The Balaban J connectivity index is 1.58. The smallest absolute Gasteiger partial charge is 0.232 e. The van der Waals surface area contributed by atoms with Crippen LogP contribution >= 0.6 is 11.8 Å². The van der Waals surface area contributed by atoms with Crippen LogP contribution in [-0.4, -0.2) is 51.7 Å². The average molecular weight is 436 g/mol. The van der Waals surface area contributed by atoms with Crippen LogP contribution in [0, 0.1) is 11.3 Å². The van der Waals surface area contributed by atoms with Crippen LogP contribution in [0.5, 0.6) is 11.5 Å². The van der Waals surface area contributed by atoms with Gasteiger partial charge in [0.1, 0.15) is 0 Å². The third kappa shape index (κ3) is 4.81. The quantitative estimate of drug-likeness (QED) is 0.502. The van der Waals surface area contributed by atoms with Crippen molar-refractivity contribution in [2.75, 3.05) is 26.1 Å². The summed E-state index contributed by atoms with van der Waals surface area (Å²) >= 11 is 1.34. The number of benzene rings is 2.